The Kier molecular flexibility index (Phi) is 4.86. The van der Waals surface area contributed by atoms with Crippen molar-refractivity contribution < 1.29 is 18.8 Å². The molecule has 0 aliphatic carbocycles. The molecule has 1 unspecified atom stereocenters. The summed E-state index contributed by atoms with van der Waals surface area (Å²) in [6.07, 6.45) is 1.15. The summed E-state index contributed by atoms with van der Waals surface area (Å²) in [5.41, 5.74) is 0.883. The van der Waals surface area contributed by atoms with Crippen molar-refractivity contribution in [2.75, 3.05) is 6.54 Å². The molecule has 1 aliphatic rings. The number of nitrogens with one attached hydrogen (secondary N) is 3. The van der Waals surface area contributed by atoms with Crippen LogP contribution in [0.5, 0.6) is 0 Å². The maximum absolute atomic E-state index is 12.7. The Balaban J connectivity index is 1.65. The highest BCUT2D eigenvalue weighted by Gasteiger charge is 2.28. The van der Waals surface area contributed by atoms with Crippen LogP contribution < -0.4 is 16.0 Å². The van der Waals surface area contributed by atoms with Crippen LogP contribution in [-0.2, 0) is 16.0 Å². The van der Waals surface area contributed by atoms with E-state index in [9.17, 15) is 18.8 Å². The van der Waals surface area contributed by atoms with E-state index in [-0.39, 0.29) is 24.1 Å². The zero-order valence-electron chi connectivity index (χ0n) is 11.3. The van der Waals surface area contributed by atoms with Crippen LogP contribution >= 0.6 is 0 Å². The lowest BCUT2D eigenvalue weighted by atomic mass is 10.1. The minimum atomic E-state index is -0.588. The van der Waals surface area contributed by atoms with Crippen molar-refractivity contribution in [3.05, 3.63) is 35.6 Å². The number of carbonyl (C=O) groups excluding carboxylic acids is 3. The molecule has 1 heterocycles. The molecule has 4 amide bonds. The number of hydrogen-bond donors (Lipinski definition) is 3. The summed E-state index contributed by atoms with van der Waals surface area (Å²) in [5.74, 6) is -0.829. The van der Waals surface area contributed by atoms with E-state index < -0.39 is 12.1 Å². The first kappa shape index (κ1) is 15.0. The van der Waals surface area contributed by atoms with Crippen molar-refractivity contribution in [1.29, 1.82) is 0 Å². The molecular weight excluding hydrogens is 277 g/mol. The first-order valence-electron chi connectivity index (χ1n) is 6.67. The molecule has 1 aromatic rings. The lowest BCUT2D eigenvalue weighted by molar-refractivity contribution is -0.122. The predicted molar refractivity (Wildman–Crippen MR) is 72.8 cm³/mol. The van der Waals surface area contributed by atoms with Gasteiger partial charge in [0.15, 0.2) is 0 Å². The summed E-state index contributed by atoms with van der Waals surface area (Å²) in [7, 11) is 0. The zero-order chi connectivity index (χ0) is 15.2. The molecule has 2 rings (SSSR count). The molecule has 1 atom stereocenters. The van der Waals surface area contributed by atoms with Gasteiger partial charge in [-0.2, -0.15) is 0 Å². The van der Waals surface area contributed by atoms with Gasteiger partial charge in [0, 0.05) is 13.0 Å². The van der Waals surface area contributed by atoms with Crippen LogP contribution in [0.25, 0.3) is 0 Å². The van der Waals surface area contributed by atoms with E-state index in [2.05, 4.69) is 16.0 Å². The molecule has 112 valence electrons. The normalized spacial score (nSPS) is 17.3. The van der Waals surface area contributed by atoms with Crippen LogP contribution in [0.1, 0.15) is 18.4 Å². The number of hydrogen-bond acceptors (Lipinski definition) is 3. The van der Waals surface area contributed by atoms with E-state index >= 15 is 0 Å². The van der Waals surface area contributed by atoms with Gasteiger partial charge in [-0.3, -0.25) is 14.9 Å². The van der Waals surface area contributed by atoms with Crippen LogP contribution in [0.4, 0.5) is 9.18 Å². The molecular formula is C14H16FN3O3. The summed E-state index contributed by atoms with van der Waals surface area (Å²) in [6, 6.07) is 4.90. The third-order valence-corrected chi connectivity index (χ3v) is 3.17. The molecule has 0 radical (unpaired) electrons. The second kappa shape index (κ2) is 6.83. The molecule has 1 saturated heterocycles. The Bertz CT molecular complexity index is 545. The second-order valence-corrected chi connectivity index (χ2v) is 4.78. The van der Waals surface area contributed by atoms with E-state index in [1.54, 1.807) is 12.1 Å². The molecule has 1 fully saturated rings. The predicted octanol–water partition coefficient (Wildman–Crippen LogP) is 0.473. The smallest absolute Gasteiger partial charge is 0.322 e. The highest BCUT2D eigenvalue weighted by molar-refractivity contribution is 6.04. The van der Waals surface area contributed by atoms with Crippen LogP contribution in [0.15, 0.2) is 24.3 Å². The molecule has 0 spiro atoms. The fourth-order valence-corrected chi connectivity index (χ4v) is 2.02. The number of rotatable bonds is 6. The van der Waals surface area contributed by atoms with E-state index in [0.717, 1.165) is 5.56 Å². The number of benzene rings is 1. The van der Waals surface area contributed by atoms with Gasteiger partial charge in [0.25, 0.3) is 5.91 Å². The summed E-state index contributed by atoms with van der Waals surface area (Å²) in [4.78, 5) is 33.8. The monoisotopic (exact) mass is 293 g/mol. The zero-order valence-corrected chi connectivity index (χ0v) is 11.3. The Labute approximate surface area is 121 Å². The standard InChI is InChI=1S/C14H16FN3O3/c15-10-4-1-9(2-5-10)3-6-12(19)16-8-7-11-13(20)18-14(21)17-11/h1-2,4-5,11H,3,6-8H2,(H,16,19)(H2,17,18,20,21). The number of urea groups is 1. The summed E-state index contributed by atoms with van der Waals surface area (Å²) in [5, 5.41) is 7.26. The van der Waals surface area contributed by atoms with Gasteiger partial charge in [-0.25, -0.2) is 9.18 Å². The fourth-order valence-electron chi connectivity index (χ4n) is 2.02. The molecule has 1 aliphatic heterocycles. The van der Waals surface area contributed by atoms with Gasteiger partial charge in [0.2, 0.25) is 5.91 Å². The number of amides is 4. The Morgan fingerprint density at radius 3 is 2.57 bits per heavy atom. The first-order chi connectivity index (χ1) is 10.0. The van der Waals surface area contributed by atoms with Crippen molar-refractivity contribution in [1.82, 2.24) is 16.0 Å². The maximum Gasteiger partial charge on any atom is 0.322 e. The van der Waals surface area contributed by atoms with E-state index in [0.29, 0.717) is 19.4 Å². The third-order valence-electron chi connectivity index (χ3n) is 3.17. The van der Waals surface area contributed by atoms with Crippen LogP contribution in [0.2, 0.25) is 0 Å². The number of halogens is 1. The van der Waals surface area contributed by atoms with Gasteiger partial charge in [0.1, 0.15) is 11.9 Å². The third kappa shape index (κ3) is 4.55. The van der Waals surface area contributed by atoms with Crippen LogP contribution in [0, 0.1) is 5.82 Å². The minimum absolute atomic E-state index is 0.149. The van der Waals surface area contributed by atoms with Crippen molar-refractivity contribution in [2.24, 2.45) is 0 Å². The molecule has 0 bridgehead atoms. The lowest BCUT2D eigenvalue weighted by Gasteiger charge is -2.08. The Morgan fingerprint density at radius 2 is 1.95 bits per heavy atom. The van der Waals surface area contributed by atoms with Crippen molar-refractivity contribution >= 4 is 17.8 Å². The minimum Gasteiger partial charge on any atom is -0.356 e. The molecule has 21 heavy (non-hydrogen) atoms. The quantitative estimate of drug-likeness (QED) is 0.666. The van der Waals surface area contributed by atoms with Crippen molar-refractivity contribution in [3.8, 4) is 0 Å². The van der Waals surface area contributed by atoms with Crippen LogP contribution in [0.3, 0.4) is 0 Å². The molecule has 0 saturated carbocycles. The second-order valence-electron chi connectivity index (χ2n) is 4.78. The molecule has 6 nitrogen and oxygen atoms in total. The largest absolute Gasteiger partial charge is 0.356 e. The van der Waals surface area contributed by atoms with E-state index in [1.807, 2.05) is 0 Å². The highest BCUT2D eigenvalue weighted by atomic mass is 19.1. The molecule has 3 N–H and O–H groups in total. The average Bonchev–Trinajstić information content (AvgIpc) is 2.76. The van der Waals surface area contributed by atoms with Gasteiger partial charge in [0.05, 0.1) is 0 Å². The van der Waals surface area contributed by atoms with Crippen molar-refractivity contribution in [2.45, 2.75) is 25.3 Å². The Morgan fingerprint density at radius 1 is 1.24 bits per heavy atom. The highest BCUT2D eigenvalue weighted by Crippen LogP contribution is 2.05. The molecule has 7 heteroatoms. The van der Waals surface area contributed by atoms with Gasteiger partial charge in [-0.15, -0.1) is 0 Å². The first-order valence-corrected chi connectivity index (χ1v) is 6.67. The molecule has 0 aromatic heterocycles. The summed E-state index contributed by atoms with van der Waals surface area (Å²) < 4.78 is 12.7. The van der Waals surface area contributed by atoms with Gasteiger partial charge >= 0.3 is 6.03 Å². The fraction of sp³-hybridized carbons (Fsp3) is 0.357. The Hall–Kier alpha value is -2.44. The van der Waals surface area contributed by atoms with Crippen LogP contribution in [-0.4, -0.2) is 30.4 Å². The van der Waals surface area contributed by atoms with Gasteiger partial charge in [-0.05, 0) is 30.5 Å². The molecule has 1 aromatic carbocycles. The van der Waals surface area contributed by atoms with E-state index in [4.69, 9.17) is 0 Å². The number of aryl methyl sites for hydroxylation is 1. The van der Waals surface area contributed by atoms with E-state index in [1.165, 1.54) is 12.1 Å². The maximum atomic E-state index is 12.7. The lowest BCUT2D eigenvalue weighted by Crippen LogP contribution is -2.34. The number of carbonyl (C=O) groups is 3. The van der Waals surface area contributed by atoms with Crippen molar-refractivity contribution in [3.63, 3.8) is 0 Å². The topological polar surface area (TPSA) is 87.3 Å². The van der Waals surface area contributed by atoms with Gasteiger partial charge in [-0.1, -0.05) is 12.1 Å². The summed E-state index contributed by atoms with van der Waals surface area (Å²) in [6.45, 7) is 0.306. The summed E-state index contributed by atoms with van der Waals surface area (Å²) >= 11 is 0. The average molecular weight is 293 g/mol. The number of imide groups is 1. The SMILES string of the molecule is O=C(CCc1ccc(F)cc1)NCCC1NC(=O)NC1=O. The van der Waals surface area contributed by atoms with Gasteiger partial charge < -0.3 is 10.6 Å².